The molecule has 0 radical (unpaired) electrons. The third-order valence-corrected chi connectivity index (χ3v) is 4.84. The molecule has 2 aromatic rings. The Labute approximate surface area is 137 Å². The smallest absolute Gasteiger partial charge is 0.0244 e. The number of aryl methyl sites for hydroxylation is 2. The molecule has 0 amide bonds. The molecule has 0 atom stereocenters. The molecule has 0 N–H and O–H groups in total. The topological polar surface area (TPSA) is 0 Å². The molecule has 0 bridgehead atoms. The quantitative estimate of drug-likeness (QED) is 0.563. The Morgan fingerprint density at radius 3 is 1.43 bits per heavy atom. The Balaban J connectivity index is 2.68. The van der Waals surface area contributed by atoms with Gasteiger partial charge in [0, 0.05) is 4.47 Å². The summed E-state index contributed by atoms with van der Waals surface area (Å²) in [5, 5.41) is 0. The summed E-state index contributed by atoms with van der Waals surface area (Å²) in [5.41, 5.74) is 8.10. The van der Waals surface area contributed by atoms with Crippen LogP contribution in [0.1, 0.15) is 61.8 Å². The van der Waals surface area contributed by atoms with Gasteiger partial charge in [-0.2, -0.15) is 0 Å². The molecule has 2 aromatic carbocycles. The van der Waals surface area contributed by atoms with Gasteiger partial charge in [-0.25, -0.2) is 0 Å². The second-order valence-corrected chi connectivity index (χ2v) is 7.45. The van der Waals surface area contributed by atoms with Crippen LogP contribution in [0.25, 0.3) is 11.1 Å². The fourth-order valence-electron chi connectivity index (χ4n) is 2.82. The van der Waals surface area contributed by atoms with Crippen molar-refractivity contribution in [1.82, 2.24) is 0 Å². The summed E-state index contributed by atoms with van der Waals surface area (Å²) < 4.78 is 1.28. The van der Waals surface area contributed by atoms with Gasteiger partial charge in [-0.3, -0.25) is 0 Å². The standard InChI is InChI=1S/C20H25Br/c1-12(2)18-10-17(11-19(13(3)4)20(18)21)16-8-14(5)7-15(6)9-16/h7-13H,1-6H3. The Morgan fingerprint density at radius 1 is 0.667 bits per heavy atom. The lowest BCUT2D eigenvalue weighted by Crippen LogP contribution is -1.98. The summed E-state index contributed by atoms with van der Waals surface area (Å²) in [6, 6.07) is 11.5. The van der Waals surface area contributed by atoms with Crippen molar-refractivity contribution in [2.45, 2.75) is 53.4 Å². The third-order valence-electron chi connectivity index (χ3n) is 3.93. The van der Waals surface area contributed by atoms with Crippen molar-refractivity contribution in [1.29, 1.82) is 0 Å². The Morgan fingerprint density at radius 2 is 1.05 bits per heavy atom. The molecule has 112 valence electrons. The highest BCUT2D eigenvalue weighted by molar-refractivity contribution is 9.10. The average Bonchev–Trinajstić information content (AvgIpc) is 2.36. The first-order valence-corrected chi connectivity index (χ1v) is 8.51. The van der Waals surface area contributed by atoms with Crippen LogP contribution in [-0.2, 0) is 0 Å². The van der Waals surface area contributed by atoms with E-state index in [-0.39, 0.29) is 0 Å². The number of benzene rings is 2. The molecule has 0 nitrogen and oxygen atoms in total. The molecular weight excluding hydrogens is 320 g/mol. The number of hydrogen-bond acceptors (Lipinski definition) is 0. The predicted octanol–water partition coefficient (Wildman–Crippen LogP) is 6.98. The van der Waals surface area contributed by atoms with E-state index in [2.05, 4.69) is 87.8 Å². The van der Waals surface area contributed by atoms with Gasteiger partial charge in [-0.05, 0) is 60.1 Å². The molecule has 0 spiro atoms. The van der Waals surface area contributed by atoms with E-state index in [0.29, 0.717) is 11.8 Å². The van der Waals surface area contributed by atoms with Crippen LogP contribution in [-0.4, -0.2) is 0 Å². The van der Waals surface area contributed by atoms with E-state index >= 15 is 0 Å². The van der Waals surface area contributed by atoms with E-state index < -0.39 is 0 Å². The molecule has 0 saturated carbocycles. The van der Waals surface area contributed by atoms with E-state index in [4.69, 9.17) is 0 Å². The lowest BCUT2D eigenvalue weighted by atomic mass is 9.90. The van der Waals surface area contributed by atoms with Crippen molar-refractivity contribution in [3.63, 3.8) is 0 Å². The summed E-state index contributed by atoms with van der Waals surface area (Å²) in [6.45, 7) is 13.4. The van der Waals surface area contributed by atoms with Gasteiger partial charge in [-0.1, -0.05) is 73.0 Å². The van der Waals surface area contributed by atoms with Gasteiger partial charge in [0.25, 0.3) is 0 Å². The number of hydrogen-bond donors (Lipinski definition) is 0. The Bertz CT molecular complexity index is 602. The van der Waals surface area contributed by atoms with Crippen LogP contribution in [0.4, 0.5) is 0 Å². The zero-order chi connectivity index (χ0) is 15.7. The molecule has 0 heterocycles. The monoisotopic (exact) mass is 344 g/mol. The van der Waals surface area contributed by atoms with Crippen molar-refractivity contribution in [3.05, 3.63) is 57.1 Å². The minimum absolute atomic E-state index is 0.516. The van der Waals surface area contributed by atoms with Crippen molar-refractivity contribution < 1.29 is 0 Å². The Hall–Kier alpha value is -1.08. The summed E-state index contributed by atoms with van der Waals surface area (Å²) in [6.07, 6.45) is 0. The third kappa shape index (κ3) is 3.58. The zero-order valence-electron chi connectivity index (χ0n) is 13.9. The van der Waals surface area contributed by atoms with Gasteiger partial charge >= 0.3 is 0 Å². The molecule has 21 heavy (non-hydrogen) atoms. The first kappa shape index (κ1) is 16.3. The SMILES string of the molecule is Cc1cc(C)cc(-c2cc(C(C)C)c(Br)c(C(C)C)c2)c1. The molecular formula is C20H25Br. The van der Waals surface area contributed by atoms with Crippen LogP contribution in [0.3, 0.4) is 0 Å². The molecule has 2 rings (SSSR count). The van der Waals surface area contributed by atoms with E-state index in [1.807, 2.05) is 0 Å². The van der Waals surface area contributed by atoms with Gasteiger partial charge in [0.2, 0.25) is 0 Å². The lowest BCUT2D eigenvalue weighted by Gasteiger charge is -2.18. The van der Waals surface area contributed by atoms with Gasteiger partial charge in [-0.15, -0.1) is 0 Å². The van der Waals surface area contributed by atoms with E-state index in [1.54, 1.807) is 0 Å². The van der Waals surface area contributed by atoms with Crippen LogP contribution >= 0.6 is 15.9 Å². The van der Waals surface area contributed by atoms with Crippen LogP contribution in [0.15, 0.2) is 34.8 Å². The number of halogens is 1. The van der Waals surface area contributed by atoms with Crippen molar-refractivity contribution >= 4 is 15.9 Å². The van der Waals surface area contributed by atoms with E-state index in [9.17, 15) is 0 Å². The summed E-state index contributed by atoms with van der Waals surface area (Å²) in [4.78, 5) is 0. The number of rotatable bonds is 3. The fraction of sp³-hybridized carbons (Fsp3) is 0.400. The molecule has 0 unspecified atom stereocenters. The van der Waals surface area contributed by atoms with Gasteiger partial charge in [0.15, 0.2) is 0 Å². The molecule has 0 aliphatic rings. The summed E-state index contributed by atoms with van der Waals surface area (Å²) in [5.74, 6) is 1.03. The largest absolute Gasteiger partial charge is 0.0586 e. The molecule has 0 aromatic heterocycles. The highest BCUT2D eigenvalue weighted by Crippen LogP contribution is 2.37. The first-order valence-electron chi connectivity index (χ1n) is 7.71. The van der Waals surface area contributed by atoms with Crippen molar-refractivity contribution in [2.75, 3.05) is 0 Å². The summed E-state index contributed by atoms with van der Waals surface area (Å²) in [7, 11) is 0. The van der Waals surface area contributed by atoms with E-state index in [0.717, 1.165) is 0 Å². The maximum Gasteiger partial charge on any atom is 0.0244 e. The average molecular weight is 345 g/mol. The summed E-state index contributed by atoms with van der Waals surface area (Å²) >= 11 is 3.82. The zero-order valence-corrected chi connectivity index (χ0v) is 15.5. The minimum Gasteiger partial charge on any atom is -0.0586 e. The molecule has 0 aliphatic heterocycles. The Kier molecular flexibility index (Phi) is 4.93. The molecule has 0 aliphatic carbocycles. The van der Waals surface area contributed by atoms with Gasteiger partial charge in [0.05, 0.1) is 0 Å². The highest BCUT2D eigenvalue weighted by atomic mass is 79.9. The van der Waals surface area contributed by atoms with Crippen molar-refractivity contribution in [3.8, 4) is 11.1 Å². The first-order chi connectivity index (χ1) is 9.79. The van der Waals surface area contributed by atoms with Crippen LogP contribution in [0, 0.1) is 13.8 Å². The predicted molar refractivity (Wildman–Crippen MR) is 97.2 cm³/mol. The van der Waals surface area contributed by atoms with E-state index in [1.165, 1.54) is 37.9 Å². The van der Waals surface area contributed by atoms with Crippen molar-refractivity contribution in [2.24, 2.45) is 0 Å². The lowest BCUT2D eigenvalue weighted by molar-refractivity contribution is 0.824. The highest BCUT2D eigenvalue weighted by Gasteiger charge is 2.14. The maximum absolute atomic E-state index is 3.82. The van der Waals surface area contributed by atoms with Crippen LogP contribution < -0.4 is 0 Å². The minimum atomic E-state index is 0.516. The maximum atomic E-state index is 3.82. The normalized spacial score (nSPS) is 11.5. The molecule has 0 saturated heterocycles. The van der Waals surface area contributed by atoms with Gasteiger partial charge < -0.3 is 0 Å². The van der Waals surface area contributed by atoms with Crippen LogP contribution in [0.2, 0.25) is 0 Å². The molecule has 0 fully saturated rings. The second kappa shape index (κ2) is 6.36. The van der Waals surface area contributed by atoms with Gasteiger partial charge in [0.1, 0.15) is 0 Å². The second-order valence-electron chi connectivity index (χ2n) is 6.65. The fourth-order valence-corrected chi connectivity index (χ4v) is 3.96. The van der Waals surface area contributed by atoms with Crippen LogP contribution in [0.5, 0.6) is 0 Å². The molecule has 1 heteroatoms.